The molecule has 0 bridgehead atoms. The van der Waals surface area contributed by atoms with Gasteiger partial charge in [0.1, 0.15) is 23.6 Å². The molecule has 22 heavy (non-hydrogen) atoms. The first-order valence-electron chi connectivity index (χ1n) is 7.65. The van der Waals surface area contributed by atoms with Gasteiger partial charge in [-0.15, -0.1) is 0 Å². The molecule has 4 nitrogen and oxygen atoms in total. The topological polar surface area (TPSA) is 49.1 Å². The van der Waals surface area contributed by atoms with Crippen LogP contribution in [0.25, 0.3) is 0 Å². The second-order valence-electron chi connectivity index (χ2n) is 6.01. The second kappa shape index (κ2) is 5.43. The number of benzene rings is 1. The fourth-order valence-electron chi connectivity index (χ4n) is 3.37. The van der Waals surface area contributed by atoms with E-state index < -0.39 is 0 Å². The first kappa shape index (κ1) is 13.3. The van der Waals surface area contributed by atoms with Crippen LogP contribution in [0.3, 0.4) is 0 Å². The third-order valence-electron chi connectivity index (χ3n) is 4.57. The van der Waals surface area contributed by atoms with Crippen molar-refractivity contribution >= 4 is 0 Å². The fraction of sp³-hybridized carbons (Fsp3) is 0.333. The molecule has 1 aromatic heterocycles. The molecular weight excluding hydrogens is 274 g/mol. The smallest absolute Gasteiger partial charge is 0.144 e. The van der Waals surface area contributed by atoms with E-state index in [2.05, 4.69) is 34.1 Å². The average Bonchev–Trinajstić information content (AvgIpc) is 2.94. The zero-order chi connectivity index (χ0) is 14.9. The summed E-state index contributed by atoms with van der Waals surface area (Å²) in [5.74, 6) is 0.742. The number of nitriles is 1. The Hall–Kier alpha value is -2.38. The number of likely N-dealkylation sites (tertiary alicyclic amines) is 1. The van der Waals surface area contributed by atoms with Gasteiger partial charge in [-0.1, -0.05) is 24.3 Å². The lowest BCUT2D eigenvalue weighted by molar-refractivity contribution is -0.00657. The van der Waals surface area contributed by atoms with Gasteiger partial charge in [0.05, 0.1) is 0 Å². The molecule has 1 aliphatic heterocycles. The van der Waals surface area contributed by atoms with Crippen LogP contribution in [0.5, 0.6) is 5.75 Å². The number of hydrogen-bond donors (Lipinski definition) is 0. The maximum Gasteiger partial charge on any atom is 0.144 e. The zero-order valence-corrected chi connectivity index (χ0v) is 12.3. The molecule has 1 aromatic carbocycles. The monoisotopic (exact) mass is 291 g/mol. The molecule has 2 heterocycles. The Labute approximate surface area is 130 Å². The van der Waals surface area contributed by atoms with Crippen molar-refractivity contribution in [3.8, 4) is 11.8 Å². The minimum atomic E-state index is 0.220. The number of fused-ring (bicyclic) bond motifs is 1. The van der Waals surface area contributed by atoms with Crippen molar-refractivity contribution in [1.82, 2.24) is 9.88 Å². The lowest BCUT2D eigenvalue weighted by Crippen LogP contribution is -2.58. The lowest BCUT2D eigenvalue weighted by Gasteiger charge is -2.42. The van der Waals surface area contributed by atoms with E-state index in [0.717, 1.165) is 31.7 Å². The quantitative estimate of drug-likeness (QED) is 0.869. The van der Waals surface area contributed by atoms with Crippen LogP contribution in [0.15, 0.2) is 42.6 Å². The van der Waals surface area contributed by atoms with Gasteiger partial charge in [0, 0.05) is 31.4 Å². The molecule has 4 heteroatoms. The third kappa shape index (κ3) is 2.44. The number of rotatable bonds is 3. The molecule has 0 N–H and O–H groups in total. The fourth-order valence-corrected chi connectivity index (χ4v) is 3.37. The van der Waals surface area contributed by atoms with Crippen LogP contribution in [0.2, 0.25) is 0 Å². The van der Waals surface area contributed by atoms with E-state index in [-0.39, 0.29) is 6.10 Å². The number of nitrogens with zero attached hydrogens (tertiary/aromatic N) is 3. The predicted molar refractivity (Wildman–Crippen MR) is 82.6 cm³/mol. The Morgan fingerprint density at radius 2 is 1.86 bits per heavy atom. The van der Waals surface area contributed by atoms with E-state index in [0.29, 0.717) is 11.7 Å². The summed E-state index contributed by atoms with van der Waals surface area (Å²) in [6, 6.07) is 14.9. The molecule has 1 fully saturated rings. The van der Waals surface area contributed by atoms with Gasteiger partial charge in [0.15, 0.2) is 0 Å². The SMILES string of the molecule is N#Cc1cc(OC2CN(C3Cc4ccccc4C3)C2)ccn1. The molecular formula is C18H17N3O. The summed E-state index contributed by atoms with van der Waals surface area (Å²) in [5.41, 5.74) is 3.38. The lowest BCUT2D eigenvalue weighted by atomic mass is 10.1. The van der Waals surface area contributed by atoms with Gasteiger partial charge in [-0.3, -0.25) is 4.90 Å². The molecule has 1 aliphatic carbocycles. The van der Waals surface area contributed by atoms with Gasteiger partial charge in [0.25, 0.3) is 0 Å². The minimum absolute atomic E-state index is 0.220. The molecule has 1 saturated heterocycles. The highest BCUT2D eigenvalue weighted by Crippen LogP contribution is 2.29. The molecule has 0 unspecified atom stereocenters. The van der Waals surface area contributed by atoms with E-state index in [1.807, 2.05) is 12.1 Å². The Morgan fingerprint density at radius 1 is 1.14 bits per heavy atom. The van der Waals surface area contributed by atoms with Crippen LogP contribution in [0.1, 0.15) is 16.8 Å². The Balaban J connectivity index is 1.33. The summed E-state index contributed by atoms with van der Waals surface area (Å²) in [7, 11) is 0. The molecule has 2 aromatic rings. The molecule has 0 atom stereocenters. The van der Waals surface area contributed by atoms with Crippen molar-refractivity contribution in [3.05, 3.63) is 59.4 Å². The van der Waals surface area contributed by atoms with Crippen LogP contribution in [-0.2, 0) is 12.8 Å². The van der Waals surface area contributed by atoms with E-state index >= 15 is 0 Å². The highest BCUT2D eigenvalue weighted by molar-refractivity contribution is 5.34. The molecule has 2 aliphatic rings. The maximum atomic E-state index is 8.86. The highest BCUT2D eigenvalue weighted by atomic mass is 16.5. The molecule has 0 spiro atoms. The summed E-state index contributed by atoms with van der Waals surface area (Å²) >= 11 is 0. The number of aromatic nitrogens is 1. The predicted octanol–water partition coefficient (Wildman–Crippen LogP) is 2.18. The Bertz CT molecular complexity index is 706. The largest absolute Gasteiger partial charge is 0.488 e. The number of hydrogen-bond acceptors (Lipinski definition) is 4. The summed E-state index contributed by atoms with van der Waals surface area (Å²) in [5, 5.41) is 8.86. The average molecular weight is 291 g/mol. The van der Waals surface area contributed by atoms with Crippen molar-refractivity contribution in [2.24, 2.45) is 0 Å². The standard InChI is InChI=1S/C18H17N3O/c19-10-15-9-17(5-6-20-15)22-18-11-21(12-18)16-7-13-3-1-2-4-14(13)8-16/h1-6,9,16,18H,7-8,11-12H2. The summed E-state index contributed by atoms with van der Waals surface area (Å²) in [6.07, 6.45) is 4.14. The number of ether oxygens (including phenoxy) is 1. The first-order valence-corrected chi connectivity index (χ1v) is 7.65. The first-order chi connectivity index (χ1) is 10.8. The van der Waals surface area contributed by atoms with Gasteiger partial charge in [-0.05, 0) is 30.0 Å². The second-order valence-corrected chi connectivity index (χ2v) is 6.01. The summed E-state index contributed by atoms with van der Waals surface area (Å²) in [4.78, 5) is 6.46. The van der Waals surface area contributed by atoms with E-state index in [1.165, 1.54) is 11.1 Å². The van der Waals surface area contributed by atoms with Gasteiger partial charge in [-0.25, -0.2) is 4.98 Å². The van der Waals surface area contributed by atoms with Crippen molar-refractivity contribution in [2.45, 2.75) is 25.0 Å². The molecule has 0 amide bonds. The van der Waals surface area contributed by atoms with Crippen molar-refractivity contribution in [2.75, 3.05) is 13.1 Å². The van der Waals surface area contributed by atoms with Crippen LogP contribution in [0.4, 0.5) is 0 Å². The minimum Gasteiger partial charge on any atom is -0.488 e. The van der Waals surface area contributed by atoms with Gasteiger partial charge in [-0.2, -0.15) is 5.26 Å². The molecule has 110 valence electrons. The molecule has 0 radical (unpaired) electrons. The Morgan fingerprint density at radius 3 is 2.55 bits per heavy atom. The van der Waals surface area contributed by atoms with Crippen molar-refractivity contribution in [3.63, 3.8) is 0 Å². The third-order valence-corrected chi connectivity index (χ3v) is 4.57. The summed E-state index contributed by atoms with van der Waals surface area (Å²) < 4.78 is 5.93. The van der Waals surface area contributed by atoms with Crippen LogP contribution in [0, 0.1) is 11.3 Å². The normalized spacial score (nSPS) is 18.5. The van der Waals surface area contributed by atoms with Gasteiger partial charge in [0.2, 0.25) is 0 Å². The highest BCUT2D eigenvalue weighted by Gasteiger charge is 2.36. The zero-order valence-electron chi connectivity index (χ0n) is 12.3. The maximum absolute atomic E-state index is 8.86. The van der Waals surface area contributed by atoms with Crippen LogP contribution in [-0.4, -0.2) is 35.1 Å². The van der Waals surface area contributed by atoms with Crippen molar-refractivity contribution in [1.29, 1.82) is 5.26 Å². The van der Waals surface area contributed by atoms with Gasteiger partial charge < -0.3 is 4.74 Å². The van der Waals surface area contributed by atoms with Crippen LogP contribution < -0.4 is 4.74 Å². The molecule has 4 rings (SSSR count). The Kier molecular flexibility index (Phi) is 3.28. The van der Waals surface area contributed by atoms with Crippen molar-refractivity contribution < 1.29 is 4.74 Å². The summed E-state index contributed by atoms with van der Waals surface area (Å²) in [6.45, 7) is 1.92. The van der Waals surface area contributed by atoms with E-state index in [1.54, 1.807) is 12.3 Å². The van der Waals surface area contributed by atoms with E-state index in [4.69, 9.17) is 10.00 Å². The van der Waals surface area contributed by atoms with Crippen LogP contribution >= 0.6 is 0 Å². The van der Waals surface area contributed by atoms with Gasteiger partial charge >= 0.3 is 0 Å². The number of pyridine rings is 1. The molecule has 0 saturated carbocycles. The van der Waals surface area contributed by atoms with E-state index in [9.17, 15) is 0 Å².